The minimum Gasteiger partial charge on any atom is -1.00 e. The van der Waals surface area contributed by atoms with Gasteiger partial charge in [0.05, 0.1) is 9.85 Å². The zero-order valence-corrected chi connectivity index (χ0v) is 13.8. The van der Waals surface area contributed by atoms with E-state index in [9.17, 15) is 20.2 Å². The Morgan fingerprint density at radius 2 is 1.57 bits per heavy atom. The summed E-state index contributed by atoms with van der Waals surface area (Å²) in [6, 6.07) is 13.0. The minimum atomic E-state index is -0.651. The van der Waals surface area contributed by atoms with E-state index in [0.717, 1.165) is 16.8 Å². The first-order valence-electron chi connectivity index (χ1n) is 6.39. The summed E-state index contributed by atoms with van der Waals surface area (Å²) in [4.78, 5) is 20.7. The van der Waals surface area contributed by atoms with Gasteiger partial charge in [0, 0.05) is 23.6 Å². The third-order valence-corrected chi connectivity index (χ3v) is 3.33. The lowest BCUT2D eigenvalue weighted by Crippen LogP contribution is -3.00. The van der Waals surface area contributed by atoms with Crippen LogP contribution < -0.4 is 28.5 Å². The standard InChI is InChI=1S/C15H10N3O4.HI/c19-17(20)13-5-6-14(15(9-13)18(21)22)16-8-7-11-3-1-2-4-12(11)10-16;/h1-10H;1H/q+1;/p-1. The van der Waals surface area contributed by atoms with Gasteiger partial charge in [-0.3, -0.25) is 20.2 Å². The molecule has 7 nitrogen and oxygen atoms in total. The molecule has 0 radical (unpaired) electrons. The quantitative estimate of drug-likeness (QED) is 0.256. The van der Waals surface area contributed by atoms with Crippen LogP contribution in [0, 0.1) is 20.2 Å². The van der Waals surface area contributed by atoms with Crippen molar-refractivity contribution in [1.29, 1.82) is 0 Å². The molecule has 0 aliphatic heterocycles. The van der Waals surface area contributed by atoms with Crippen molar-refractivity contribution in [1.82, 2.24) is 0 Å². The maximum Gasteiger partial charge on any atom is 0.347 e. The Labute approximate surface area is 147 Å². The van der Waals surface area contributed by atoms with E-state index in [-0.39, 0.29) is 41.0 Å². The van der Waals surface area contributed by atoms with E-state index in [2.05, 4.69) is 0 Å². The first-order chi connectivity index (χ1) is 10.6. The first kappa shape index (κ1) is 16.7. The van der Waals surface area contributed by atoms with Crippen LogP contribution in [0.4, 0.5) is 11.4 Å². The van der Waals surface area contributed by atoms with E-state index in [1.165, 1.54) is 12.1 Å². The highest BCUT2D eigenvalue weighted by molar-refractivity contribution is 5.80. The molecule has 23 heavy (non-hydrogen) atoms. The largest absolute Gasteiger partial charge is 1.00 e. The second-order valence-electron chi connectivity index (χ2n) is 4.67. The fraction of sp³-hybridized carbons (Fsp3) is 0. The predicted molar refractivity (Wildman–Crippen MR) is 78.8 cm³/mol. The summed E-state index contributed by atoms with van der Waals surface area (Å²) in [7, 11) is 0. The summed E-state index contributed by atoms with van der Waals surface area (Å²) in [6.07, 6.45) is 3.44. The topological polar surface area (TPSA) is 90.2 Å². The van der Waals surface area contributed by atoms with Crippen LogP contribution in [0.1, 0.15) is 0 Å². The van der Waals surface area contributed by atoms with Gasteiger partial charge in [0.25, 0.3) is 11.4 Å². The van der Waals surface area contributed by atoms with Crippen LogP contribution in [0.2, 0.25) is 0 Å². The number of benzene rings is 2. The molecule has 1 aromatic heterocycles. The molecule has 1 heterocycles. The minimum absolute atomic E-state index is 0. The monoisotopic (exact) mass is 423 g/mol. The van der Waals surface area contributed by atoms with Gasteiger partial charge in [-0.05, 0) is 11.5 Å². The van der Waals surface area contributed by atoms with E-state index in [1.807, 2.05) is 30.3 Å². The number of hydrogen-bond acceptors (Lipinski definition) is 4. The summed E-state index contributed by atoms with van der Waals surface area (Å²) >= 11 is 0. The molecule has 0 amide bonds. The van der Waals surface area contributed by atoms with Crippen molar-refractivity contribution in [3.8, 4) is 5.69 Å². The maximum atomic E-state index is 11.2. The Morgan fingerprint density at radius 3 is 2.22 bits per heavy atom. The van der Waals surface area contributed by atoms with Gasteiger partial charge in [-0.15, -0.1) is 0 Å². The molecule has 0 saturated heterocycles. The molecular weight excluding hydrogens is 413 g/mol. The summed E-state index contributed by atoms with van der Waals surface area (Å²) in [5.41, 5.74) is -0.340. The highest BCUT2D eigenvalue weighted by atomic mass is 127. The van der Waals surface area contributed by atoms with E-state index < -0.39 is 9.85 Å². The molecule has 116 valence electrons. The summed E-state index contributed by atoms with van der Waals surface area (Å²) in [5.74, 6) is 0. The molecule has 0 spiro atoms. The molecule has 2 aromatic carbocycles. The van der Waals surface area contributed by atoms with Gasteiger partial charge in [0.1, 0.15) is 6.07 Å². The fourth-order valence-corrected chi connectivity index (χ4v) is 2.27. The van der Waals surface area contributed by atoms with Gasteiger partial charge in [-0.1, -0.05) is 18.2 Å². The van der Waals surface area contributed by atoms with Crippen molar-refractivity contribution in [2.24, 2.45) is 0 Å². The first-order valence-corrected chi connectivity index (χ1v) is 6.39. The van der Waals surface area contributed by atoms with Gasteiger partial charge in [-0.25, -0.2) is 0 Å². The molecule has 0 aliphatic carbocycles. The van der Waals surface area contributed by atoms with E-state index in [1.54, 1.807) is 17.0 Å². The van der Waals surface area contributed by atoms with Crippen molar-refractivity contribution < 1.29 is 38.4 Å². The van der Waals surface area contributed by atoms with Crippen molar-refractivity contribution in [2.45, 2.75) is 0 Å². The SMILES string of the molecule is O=[N+]([O-])c1ccc(-[n+]2ccc3ccccc3c2)c([N+](=O)[O-])c1.[I-]. The average Bonchev–Trinajstić information content (AvgIpc) is 2.53. The van der Waals surface area contributed by atoms with Crippen molar-refractivity contribution >= 4 is 22.1 Å². The number of aromatic nitrogens is 1. The molecule has 0 atom stereocenters. The number of rotatable bonds is 3. The number of hydrogen-bond donors (Lipinski definition) is 0. The normalized spacial score (nSPS) is 10.1. The molecule has 0 N–H and O–H groups in total. The molecule has 0 aliphatic rings. The molecule has 0 bridgehead atoms. The number of nitrogens with zero attached hydrogens (tertiary/aromatic N) is 3. The van der Waals surface area contributed by atoms with Crippen LogP contribution in [0.5, 0.6) is 0 Å². The molecule has 3 rings (SSSR count). The van der Waals surface area contributed by atoms with Crippen LogP contribution >= 0.6 is 0 Å². The number of halogens is 1. The zero-order valence-electron chi connectivity index (χ0n) is 11.6. The van der Waals surface area contributed by atoms with Crippen molar-refractivity contribution in [3.63, 3.8) is 0 Å². The second kappa shape index (κ2) is 6.65. The zero-order chi connectivity index (χ0) is 15.7. The number of pyridine rings is 1. The molecule has 0 unspecified atom stereocenters. The van der Waals surface area contributed by atoms with Gasteiger partial charge in [-0.2, -0.15) is 4.57 Å². The van der Waals surface area contributed by atoms with Crippen molar-refractivity contribution in [2.75, 3.05) is 0 Å². The van der Waals surface area contributed by atoms with Gasteiger partial charge in [0.15, 0.2) is 12.4 Å². The van der Waals surface area contributed by atoms with E-state index >= 15 is 0 Å². The van der Waals surface area contributed by atoms with E-state index in [0.29, 0.717) is 0 Å². The van der Waals surface area contributed by atoms with Crippen LogP contribution in [0.25, 0.3) is 16.5 Å². The van der Waals surface area contributed by atoms with Crippen molar-refractivity contribution in [3.05, 3.63) is 81.2 Å². The Bertz CT molecular complexity index is 914. The van der Waals surface area contributed by atoms with E-state index in [4.69, 9.17) is 0 Å². The molecule has 0 saturated carbocycles. The lowest BCUT2D eigenvalue weighted by atomic mass is 10.1. The Kier molecular flexibility index (Phi) is 4.84. The number of fused-ring (bicyclic) bond motifs is 1. The Morgan fingerprint density at radius 1 is 0.870 bits per heavy atom. The average molecular weight is 423 g/mol. The Balaban J connectivity index is 0.00000192. The Hall–Kier alpha value is -2.62. The van der Waals surface area contributed by atoms with Crippen LogP contribution in [-0.2, 0) is 0 Å². The number of nitro benzene ring substituents is 2. The van der Waals surface area contributed by atoms with Crippen LogP contribution in [-0.4, -0.2) is 9.85 Å². The molecule has 0 fully saturated rings. The number of nitro groups is 2. The maximum absolute atomic E-state index is 11.2. The third kappa shape index (κ3) is 3.26. The highest BCUT2D eigenvalue weighted by Gasteiger charge is 2.26. The summed E-state index contributed by atoms with van der Waals surface area (Å²) < 4.78 is 1.59. The van der Waals surface area contributed by atoms with Crippen LogP contribution in [0.15, 0.2) is 60.9 Å². The van der Waals surface area contributed by atoms with Crippen LogP contribution in [0.3, 0.4) is 0 Å². The third-order valence-electron chi connectivity index (χ3n) is 3.33. The smallest absolute Gasteiger partial charge is 0.347 e. The molecule has 3 aromatic rings. The molecular formula is C15H10IN3O4. The lowest BCUT2D eigenvalue weighted by Gasteiger charge is -2.00. The number of non-ortho nitro benzene ring substituents is 1. The van der Waals surface area contributed by atoms with Gasteiger partial charge in [0.2, 0.25) is 0 Å². The van der Waals surface area contributed by atoms with Gasteiger partial charge >= 0.3 is 5.69 Å². The second-order valence-corrected chi connectivity index (χ2v) is 4.67. The summed E-state index contributed by atoms with van der Waals surface area (Å²) in [5, 5.41) is 23.9. The van der Waals surface area contributed by atoms with Gasteiger partial charge < -0.3 is 24.0 Å². The predicted octanol–water partition coefficient (Wildman–Crippen LogP) is -0.0631. The summed E-state index contributed by atoms with van der Waals surface area (Å²) in [6.45, 7) is 0. The highest BCUT2D eigenvalue weighted by Crippen LogP contribution is 2.25. The molecule has 8 heteroatoms. The lowest BCUT2D eigenvalue weighted by molar-refractivity contribution is -0.599. The fourth-order valence-electron chi connectivity index (χ4n) is 2.27.